The number of halogens is 1. The Hall–Kier alpha value is -2.70. The predicted molar refractivity (Wildman–Crippen MR) is 113 cm³/mol. The summed E-state index contributed by atoms with van der Waals surface area (Å²) in [5.41, 5.74) is 2.47. The highest BCUT2D eigenvalue weighted by Gasteiger charge is 2.25. The molecule has 1 aromatic heterocycles. The van der Waals surface area contributed by atoms with Gasteiger partial charge in [-0.1, -0.05) is 32.0 Å². The van der Waals surface area contributed by atoms with Crippen LogP contribution in [-0.4, -0.2) is 53.6 Å². The Morgan fingerprint density at radius 1 is 1.17 bits per heavy atom. The molecule has 2 heterocycles. The molecule has 0 saturated carbocycles. The molecular formula is C22H30FN5O. The minimum absolute atomic E-state index is 0.0273. The third kappa shape index (κ3) is 4.83. The first-order valence-electron chi connectivity index (χ1n) is 10.3. The monoisotopic (exact) mass is 399 g/mol. The second-order valence-corrected chi connectivity index (χ2v) is 7.70. The molecule has 1 fully saturated rings. The molecule has 0 radical (unpaired) electrons. The number of carbonyl (C=O) groups is 1. The van der Waals surface area contributed by atoms with Crippen molar-refractivity contribution in [1.82, 2.24) is 20.2 Å². The molecule has 3 rings (SSSR count). The van der Waals surface area contributed by atoms with E-state index in [9.17, 15) is 9.18 Å². The number of rotatable bonds is 5. The van der Waals surface area contributed by atoms with E-state index in [2.05, 4.69) is 29.0 Å². The molecule has 1 aliphatic rings. The van der Waals surface area contributed by atoms with Gasteiger partial charge in [0.2, 0.25) is 0 Å². The summed E-state index contributed by atoms with van der Waals surface area (Å²) in [4.78, 5) is 25.7. The van der Waals surface area contributed by atoms with Crippen LogP contribution >= 0.6 is 0 Å². The number of aryl methyl sites for hydroxylation is 1. The lowest BCUT2D eigenvalue weighted by Gasteiger charge is -2.36. The van der Waals surface area contributed by atoms with Crippen LogP contribution in [0, 0.1) is 12.7 Å². The van der Waals surface area contributed by atoms with Crippen molar-refractivity contribution in [2.24, 2.45) is 0 Å². The van der Waals surface area contributed by atoms with Crippen LogP contribution in [0.25, 0.3) is 0 Å². The van der Waals surface area contributed by atoms with Crippen molar-refractivity contribution in [3.8, 4) is 0 Å². The Balaban J connectivity index is 1.90. The Bertz CT molecular complexity index is 862. The van der Waals surface area contributed by atoms with E-state index in [4.69, 9.17) is 4.98 Å². The van der Waals surface area contributed by atoms with Gasteiger partial charge in [0.15, 0.2) is 0 Å². The molecule has 2 aromatic rings. The lowest BCUT2D eigenvalue weighted by atomic mass is 10.0. The number of nitrogens with zero attached hydrogens (tertiary/aromatic N) is 4. The molecule has 7 heteroatoms. The van der Waals surface area contributed by atoms with Gasteiger partial charge in [0, 0.05) is 56.3 Å². The predicted octanol–water partition coefficient (Wildman–Crippen LogP) is 3.49. The number of piperazine rings is 1. The molecule has 29 heavy (non-hydrogen) atoms. The highest BCUT2D eigenvalue weighted by atomic mass is 19.1. The molecule has 1 N–H and O–H groups in total. The third-order valence-corrected chi connectivity index (χ3v) is 5.25. The third-order valence-electron chi connectivity index (χ3n) is 5.25. The first kappa shape index (κ1) is 21.0. The molecule has 0 bridgehead atoms. The molecule has 156 valence electrons. The Morgan fingerprint density at radius 2 is 1.86 bits per heavy atom. The molecule has 2 amide bonds. The van der Waals surface area contributed by atoms with Crippen molar-refractivity contribution in [3.63, 3.8) is 0 Å². The van der Waals surface area contributed by atoms with Crippen LogP contribution in [0.3, 0.4) is 0 Å². The number of urea groups is 1. The van der Waals surface area contributed by atoms with E-state index in [1.165, 1.54) is 6.07 Å². The molecule has 6 nitrogen and oxygen atoms in total. The molecular weight excluding hydrogens is 369 g/mol. The van der Waals surface area contributed by atoms with Crippen molar-refractivity contribution >= 4 is 11.8 Å². The smallest absolute Gasteiger partial charge is 0.317 e. The van der Waals surface area contributed by atoms with Gasteiger partial charge < -0.3 is 15.1 Å². The summed E-state index contributed by atoms with van der Waals surface area (Å²) in [5, 5.41) is 2.85. The summed E-state index contributed by atoms with van der Waals surface area (Å²) < 4.78 is 14.3. The highest BCUT2D eigenvalue weighted by Crippen LogP contribution is 2.27. The molecule has 0 atom stereocenters. The summed E-state index contributed by atoms with van der Waals surface area (Å²) in [6, 6.07) is 6.81. The van der Waals surface area contributed by atoms with Crippen LogP contribution in [0.1, 0.15) is 49.3 Å². The summed E-state index contributed by atoms with van der Waals surface area (Å²) in [5.74, 6) is 1.64. The minimum Gasteiger partial charge on any atom is -0.353 e. The van der Waals surface area contributed by atoms with Gasteiger partial charge in [0.1, 0.15) is 17.5 Å². The number of benzene rings is 1. The average molecular weight is 400 g/mol. The normalized spacial score (nSPS) is 14.4. The number of amides is 2. The molecule has 0 unspecified atom stereocenters. The largest absolute Gasteiger partial charge is 0.353 e. The van der Waals surface area contributed by atoms with Gasteiger partial charge >= 0.3 is 6.03 Å². The molecule has 1 saturated heterocycles. The second kappa shape index (κ2) is 9.20. The van der Waals surface area contributed by atoms with Crippen molar-refractivity contribution in [2.75, 3.05) is 37.6 Å². The van der Waals surface area contributed by atoms with Crippen LogP contribution in [0.4, 0.5) is 15.0 Å². The number of hydrogen-bond donors (Lipinski definition) is 1. The minimum atomic E-state index is -0.216. The standard InChI is InChI=1S/C22H30FN5O/c1-5-24-22(29)28-12-10-27(11-13-28)21-18(14-17-8-6-7-9-19(17)23)16(4)25-20(26-21)15(2)3/h6-9,15H,5,10-14H2,1-4H3,(H,24,29). The SMILES string of the molecule is CCNC(=O)N1CCN(c2nc(C(C)C)nc(C)c2Cc2ccccc2F)CC1. The molecule has 1 aliphatic heterocycles. The van der Waals surface area contributed by atoms with Gasteiger partial charge in [-0.3, -0.25) is 0 Å². The maximum atomic E-state index is 14.3. The van der Waals surface area contributed by atoms with E-state index < -0.39 is 0 Å². The fourth-order valence-corrected chi connectivity index (χ4v) is 3.55. The van der Waals surface area contributed by atoms with Crippen LogP contribution in [0.15, 0.2) is 24.3 Å². The van der Waals surface area contributed by atoms with E-state index in [-0.39, 0.29) is 17.8 Å². The van der Waals surface area contributed by atoms with Crippen molar-refractivity contribution in [1.29, 1.82) is 0 Å². The summed E-state index contributed by atoms with van der Waals surface area (Å²) in [6.45, 7) is 11.3. The number of hydrogen-bond acceptors (Lipinski definition) is 4. The fraction of sp³-hybridized carbons (Fsp3) is 0.500. The van der Waals surface area contributed by atoms with Crippen LogP contribution in [0.2, 0.25) is 0 Å². The van der Waals surface area contributed by atoms with Crippen LogP contribution in [-0.2, 0) is 6.42 Å². The first-order valence-corrected chi connectivity index (χ1v) is 10.3. The van der Waals surface area contributed by atoms with E-state index in [0.717, 1.165) is 22.9 Å². The number of nitrogens with one attached hydrogen (secondary N) is 1. The van der Waals surface area contributed by atoms with E-state index >= 15 is 0 Å². The maximum Gasteiger partial charge on any atom is 0.317 e. The van der Waals surface area contributed by atoms with E-state index in [0.29, 0.717) is 44.7 Å². The van der Waals surface area contributed by atoms with Gasteiger partial charge in [-0.25, -0.2) is 19.2 Å². The number of anilines is 1. The molecule has 0 aliphatic carbocycles. The number of aromatic nitrogens is 2. The van der Waals surface area contributed by atoms with E-state index in [1.54, 1.807) is 6.07 Å². The van der Waals surface area contributed by atoms with E-state index in [1.807, 2.05) is 30.9 Å². The van der Waals surface area contributed by atoms with Gasteiger partial charge in [-0.2, -0.15) is 0 Å². The van der Waals surface area contributed by atoms with Gasteiger partial charge in [-0.15, -0.1) is 0 Å². The molecule has 1 aromatic carbocycles. The number of carbonyl (C=O) groups excluding carboxylic acids is 1. The summed E-state index contributed by atoms with van der Waals surface area (Å²) in [6.07, 6.45) is 0.447. The zero-order chi connectivity index (χ0) is 21.0. The van der Waals surface area contributed by atoms with Gasteiger partial charge in [-0.05, 0) is 25.5 Å². The Kier molecular flexibility index (Phi) is 6.67. The topological polar surface area (TPSA) is 61.4 Å². The van der Waals surface area contributed by atoms with Crippen molar-refractivity contribution in [2.45, 2.75) is 40.0 Å². The zero-order valence-electron chi connectivity index (χ0n) is 17.7. The quantitative estimate of drug-likeness (QED) is 0.836. The fourth-order valence-electron chi connectivity index (χ4n) is 3.55. The molecule has 0 spiro atoms. The zero-order valence-corrected chi connectivity index (χ0v) is 17.7. The Morgan fingerprint density at radius 3 is 2.48 bits per heavy atom. The van der Waals surface area contributed by atoms with Gasteiger partial charge in [0.25, 0.3) is 0 Å². The van der Waals surface area contributed by atoms with Crippen LogP contribution < -0.4 is 10.2 Å². The summed E-state index contributed by atoms with van der Waals surface area (Å²) in [7, 11) is 0. The highest BCUT2D eigenvalue weighted by molar-refractivity contribution is 5.74. The lowest BCUT2D eigenvalue weighted by Crippen LogP contribution is -2.52. The maximum absolute atomic E-state index is 14.3. The average Bonchev–Trinajstić information content (AvgIpc) is 2.71. The lowest BCUT2D eigenvalue weighted by molar-refractivity contribution is 0.195. The first-order chi connectivity index (χ1) is 13.9. The van der Waals surface area contributed by atoms with Gasteiger partial charge in [0.05, 0.1) is 0 Å². The second-order valence-electron chi connectivity index (χ2n) is 7.70. The Labute approximate surface area is 172 Å². The summed E-state index contributed by atoms with van der Waals surface area (Å²) >= 11 is 0. The van der Waals surface area contributed by atoms with Crippen molar-refractivity contribution < 1.29 is 9.18 Å². The van der Waals surface area contributed by atoms with Crippen molar-refractivity contribution in [3.05, 3.63) is 52.7 Å². The van der Waals surface area contributed by atoms with Crippen LogP contribution in [0.5, 0.6) is 0 Å².